The molecular formula is C24H18ClN3O4S. The Morgan fingerprint density at radius 1 is 0.667 bits per heavy atom. The van der Waals surface area contributed by atoms with Crippen LogP contribution in [0, 0.1) is 0 Å². The highest BCUT2D eigenvalue weighted by molar-refractivity contribution is 7.92. The number of carbonyl (C=O) groups excluding carboxylic acids is 2. The van der Waals surface area contributed by atoms with Crippen molar-refractivity contribution in [3.05, 3.63) is 107 Å². The van der Waals surface area contributed by atoms with Gasteiger partial charge in [0.05, 0.1) is 15.6 Å². The lowest BCUT2D eigenvalue weighted by molar-refractivity contribution is 0.0846. The van der Waals surface area contributed by atoms with Crippen molar-refractivity contribution < 1.29 is 18.0 Å². The molecule has 0 aliphatic heterocycles. The largest absolute Gasteiger partial charge is 0.278 e. The number of fused-ring (bicyclic) bond motifs is 1. The SMILES string of the molecule is O=C(NNC(=O)c1ccc2ccccc2c1)c1cccc(S(=O)(=O)Nc2ccccc2Cl)c1. The number of carbonyl (C=O) groups is 2. The molecule has 0 heterocycles. The monoisotopic (exact) mass is 479 g/mol. The number of rotatable bonds is 5. The molecule has 0 bridgehead atoms. The minimum atomic E-state index is -3.99. The molecule has 33 heavy (non-hydrogen) atoms. The summed E-state index contributed by atoms with van der Waals surface area (Å²) in [7, 11) is -3.99. The van der Waals surface area contributed by atoms with Gasteiger partial charge in [-0.25, -0.2) is 8.42 Å². The highest BCUT2D eigenvalue weighted by Gasteiger charge is 2.18. The first kappa shape index (κ1) is 22.3. The van der Waals surface area contributed by atoms with E-state index in [9.17, 15) is 18.0 Å². The number of anilines is 1. The third kappa shape index (κ3) is 5.14. The van der Waals surface area contributed by atoms with Gasteiger partial charge in [0.15, 0.2) is 0 Å². The maximum Gasteiger partial charge on any atom is 0.269 e. The normalized spacial score (nSPS) is 11.1. The second-order valence-electron chi connectivity index (χ2n) is 7.08. The third-order valence-electron chi connectivity index (χ3n) is 4.83. The van der Waals surface area contributed by atoms with E-state index in [-0.39, 0.29) is 21.2 Å². The number of hydrogen-bond acceptors (Lipinski definition) is 4. The lowest BCUT2D eigenvalue weighted by Crippen LogP contribution is -2.41. The van der Waals surface area contributed by atoms with Gasteiger partial charge >= 0.3 is 0 Å². The van der Waals surface area contributed by atoms with E-state index in [2.05, 4.69) is 15.6 Å². The first-order chi connectivity index (χ1) is 15.8. The summed E-state index contributed by atoms with van der Waals surface area (Å²) in [6, 6.07) is 24.6. The molecule has 0 aliphatic rings. The molecule has 0 radical (unpaired) electrons. The van der Waals surface area contributed by atoms with E-state index in [1.165, 1.54) is 30.3 Å². The molecule has 4 rings (SSSR count). The predicted molar refractivity (Wildman–Crippen MR) is 128 cm³/mol. The van der Waals surface area contributed by atoms with E-state index < -0.39 is 21.8 Å². The van der Waals surface area contributed by atoms with Gasteiger partial charge in [0.2, 0.25) is 0 Å². The zero-order valence-electron chi connectivity index (χ0n) is 17.1. The Morgan fingerprint density at radius 3 is 2.03 bits per heavy atom. The molecular weight excluding hydrogens is 462 g/mol. The van der Waals surface area contributed by atoms with E-state index >= 15 is 0 Å². The van der Waals surface area contributed by atoms with Gasteiger partial charge in [0.1, 0.15) is 0 Å². The topological polar surface area (TPSA) is 104 Å². The lowest BCUT2D eigenvalue weighted by atomic mass is 10.1. The molecule has 9 heteroatoms. The molecule has 0 spiro atoms. The van der Waals surface area contributed by atoms with Crippen LogP contribution in [0.2, 0.25) is 5.02 Å². The Balaban J connectivity index is 1.46. The van der Waals surface area contributed by atoms with Crippen LogP contribution in [0.4, 0.5) is 5.69 Å². The number of sulfonamides is 1. The molecule has 0 saturated heterocycles. The van der Waals surface area contributed by atoms with Gasteiger partial charge in [0, 0.05) is 11.1 Å². The van der Waals surface area contributed by atoms with Crippen molar-refractivity contribution in [3.8, 4) is 0 Å². The van der Waals surface area contributed by atoms with Crippen LogP contribution in [0.1, 0.15) is 20.7 Å². The van der Waals surface area contributed by atoms with E-state index in [1.807, 2.05) is 30.3 Å². The lowest BCUT2D eigenvalue weighted by Gasteiger charge is -2.11. The van der Waals surface area contributed by atoms with Crippen LogP contribution in [-0.4, -0.2) is 20.2 Å². The van der Waals surface area contributed by atoms with Gasteiger partial charge in [-0.1, -0.05) is 60.1 Å². The Hall–Kier alpha value is -3.88. The van der Waals surface area contributed by atoms with Crippen LogP contribution >= 0.6 is 11.6 Å². The average molecular weight is 480 g/mol. The van der Waals surface area contributed by atoms with Crippen molar-refractivity contribution in [1.82, 2.24) is 10.9 Å². The molecule has 4 aromatic carbocycles. The van der Waals surface area contributed by atoms with Gasteiger partial charge in [-0.05, 0) is 53.2 Å². The van der Waals surface area contributed by atoms with E-state index in [0.717, 1.165) is 10.8 Å². The number of hydrogen-bond donors (Lipinski definition) is 3. The van der Waals surface area contributed by atoms with Crippen LogP contribution in [0.15, 0.2) is 95.9 Å². The summed E-state index contributed by atoms with van der Waals surface area (Å²) in [6.45, 7) is 0. The minimum absolute atomic E-state index is 0.0517. The molecule has 0 fully saturated rings. The van der Waals surface area contributed by atoms with E-state index in [0.29, 0.717) is 5.56 Å². The minimum Gasteiger partial charge on any atom is -0.278 e. The fraction of sp³-hybridized carbons (Fsp3) is 0. The standard InChI is InChI=1S/C24H18ClN3O4S/c25-21-10-3-4-11-22(21)28-33(31,32)20-9-5-8-18(15-20)23(29)26-27-24(30)19-13-12-16-6-1-2-7-17(16)14-19/h1-15,28H,(H,26,29)(H,27,30). The molecule has 0 aromatic heterocycles. The molecule has 4 aromatic rings. The summed E-state index contributed by atoms with van der Waals surface area (Å²) in [5.74, 6) is -1.17. The second kappa shape index (κ2) is 9.32. The summed E-state index contributed by atoms with van der Waals surface area (Å²) >= 11 is 6.02. The highest BCUT2D eigenvalue weighted by atomic mass is 35.5. The van der Waals surface area contributed by atoms with Gasteiger partial charge in [0.25, 0.3) is 21.8 Å². The number of halogens is 1. The molecule has 2 amide bonds. The summed E-state index contributed by atoms with van der Waals surface area (Å²) in [5.41, 5.74) is 5.29. The van der Waals surface area contributed by atoms with E-state index in [1.54, 1.807) is 30.3 Å². The van der Waals surface area contributed by atoms with Crippen LogP contribution in [0.3, 0.4) is 0 Å². The first-order valence-electron chi connectivity index (χ1n) is 9.80. The van der Waals surface area contributed by atoms with Gasteiger partial charge in [-0.3, -0.25) is 25.2 Å². The number of amides is 2. The molecule has 166 valence electrons. The van der Waals surface area contributed by atoms with Gasteiger partial charge in [-0.2, -0.15) is 0 Å². The van der Waals surface area contributed by atoms with Gasteiger partial charge in [-0.15, -0.1) is 0 Å². The molecule has 0 unspecified atom stereocenters. The van der Waals surface area contributed by atoms with E-state index in [4.69, 9.17) is 11.6 Å². The van der Waals surface area contributed by atoms with Crippen molar-refractivity contribution >= 4 is 49.9 Å². The maximum absolute atomic E-state index is 12.7. The Labute approximate surface area is 195 Å². The number of benzene rings is 4. The maximum atomic E-state index is 12.7. The molecule has 0 saturated carbocycles. The van der Waals surface area contributed by atoms with Crippen molar-refractivity contribution in [3.63, 3.8) is 0 Å². The zero-order chi connectivity index (χ0) is 23.4. The molecule has 7 nitrogen and oxygen atoms in total. The smallest absolute Gasteiger partial charge is 0.269 e. The quantitative estimate of drug-likeness (QED) is 0.370. The van der Waals surface area contributed by atoms with Crippen LogP contribution in [0.5, 0.6) is 0 Å². The van der Waals surface area contributed by atoms with Crippen molar-refractivity contribution in [2.75, 3.05) is 4.72 Å². The Bertz CT molecular complexity index is 1470. The highest BCUT2D eigenvalue weighted by Crippen LogP contribution is 2.24. The summed E-state index contributed by atoms with van der Waals surface area (Å²) in [4.78, 5) is 24.8. The molecule has 0 aliphatic carbocycles. The average Bonchev–Trinajstić information content (AvgIpc) is 2.83. The first-order valence-corrected chi connectivity index (χ1v) is 11.7. The summed E-state index contributed by atoms with van der Waals surface area (Å²) < 4.78 is 27.8. The Morgan fingerprint density at radius 2 is 1.30 bits per heavy atom. The van der Waals surface area contributed by atoms with Crippen LogP contribution in [0.25, 0.3) is 10.8 Å². The van der Waals surface area contributed by atoms with Crippen LogP contribution in [-0.2, 0) is 10.0 Å². The van der Waals surface area contributed by atoms with Crippen molar-refractivity contribution in [1.29, 1.82) is 0 Å². The summed E-state index contributed by atoms with van der Waals surface area (Å²) in [6.07, 6.45) is 0. The predicted octanol–water partition coefficient (Wildman–Crippen LogP) is 4.37. The molecule has 0 atom stereocenters. The Kier molecular flexibility index (Phi) is 6.30. The fourth-order valence-corrected chi connectivity index (χ4v) is 4.50. The number of nitrogens with one attached hydrogen (secondary N) is 3. The molecule has 3 N–H and O–H groups in total. The third-order valence-corrected chi connectivity index (χ3v) is 6.52. The fourth-order valence-electron chi connectivity index (χ4n) is 3.14. The number of hydrazine groups is 1. The van der Waals surface area contributed by atoms with Crippen molar-refractivity contribution in [2.45, 2.75) is 4.90 Å². The zero-order valence-corrected chi connectivity index (χ0v) is 18.7. The second-order valence-corrected chi connectivity index (χ2v) is 9.17. The summed E-state index contributed by atoms with van der Waals surface area (Å²) in [5, 5.41) is 2.12. The van der Waals surface area contributed by atoms with Gasteiger partial charge < -0.3 is 0 Å². The van der Waals surface area contributed by atoms with Crippen molar-refractivity contribution in [2.24, 2.45) is 0 Å². The van der Waals surface area contributed by atoms with Crippen LogP contribution < -0.4 is 15.6 Å². The number of para-hydroxylation sites is 1.